The Morgan fingerprint density at radius 1 is 1.00 bits per heavy atom. The number of amides is 1. The number of aromatic nitrogens is 5. The number of imidazole rings is 1. The maximum Gasteiger partial charge on any atom is 0.332 e. The fraction of sp³-hybridized carbons (Fsp3) is 0.348. The molecule has 1 aromatic carbocycles. The van der Waals surface area contributed by atoms with Gasteiger partial charge in [0.2, 0.25) is 5.95 Å². The van der Waals surface area contributed by atoms with E-state index in [0.29, 0.717) is 12.5 Å². The topological polar surface area (TPSA) is 107 Å². The molecule has 10 heteroatoms. The molecule has 0 saturated carbocycles. The standard InChI is InChI=1S/C23H27N7O3/c1-5-29(6-2)13-14-30-18-10-8-7-9-16(18)25-22(30)26-20(31)17-12-11-15-19(24-17)27(3)23(33)28(4)21(15)32/h7-12H,5-6,13-14H2,1-4H3,(H,25,26,31). The van der Waals surface area contributed by atoms with Gasteiger partial charge in [0.1, 0.15) is 11.3 Å². The van der Waals surface area contributed by atoms with Crippen LogP contribution in [0.2, 0.25) is 0 Å². The fourth-order valence-electron chi connectivity index (χ4n) is 3.92. The molecule has 1 amide bonds. The normalized spacial score (nSPS) is 11.5. The highest BCUT2D eigenvalue weighted by molar-refractivity contribution is 6.03. The first-order chi connectivity index (χ1) is 15.8. The average molecular weight is 450 g/mol. The number of likely N-dealkylation sites (N-methyl/N-ethyl adjacent to an activating group) is 1. The lowest BCUT2D eigenvalue weighted by Crippen LogP contribution is -2.37. The van der Waals surface area contributed by atoms with E-state index in [2.05, 4.69) is 34.0 Å². The number of fused-ring (bicyclic) bond motifs is 2. The number of para-hydroxylation sites is 2. The smallest absolute Gasteiger partial charge is 0.309 e. The maximum absolute atomic E-state index is 13.1. The van der Waals surface area contributed by atoms with Crippen LogP contribution in [-0.2, 0) is 20.6 Å². The minimum Gasteiger partial charge on any atom is -0.309 e. The molecule has 4 aromatic rings. The summed E-state index contributed by atoms with van der Waals surface area (Å²) in [4.78, 5) is 48.9. The van der Waals surface area contributed by atoms with Gasteiger partial charge in [0, 0.05) is 27.2 Å². The van der Waals surface area contributed by atoms with Crippen LogP contribution in [0.1, 0.15) is 24.3 Å². The SMILES string of the molecule is CCN(CC)CCn1c(NC(=O)c2ccc3c(=O)n(C)c(=O)n(C)c3n2)nc2ccccc21. The summed E-state index contributed by atoms with van der Waals surface area (Å²) in [7, 11) is 2.93. The highest BCUT2D eigenvalue weighted by Crippen LogP contribution is 2.20. The first kappa shape index (κ1) is 22.4. The van der Waals surface area contributed by atoms with Gasteiger partial charge in [-0.1, -0.05) is 26.0 Å². The van der Waals surface area contributed by atoms with Gasteiger partial charge < -0.3 is 9.47 Å². The van der Waals surface area contributed by atoms with Crippen LogP contribution in [0.25, 0.3) is 22.1 Å². The van der Waals surface area contributed by atoms with Crippen LogP contribution in [-0.4, -0.2) is 54.1 Å². The second-order valence-corrected chi connectivity index (χ2v) is 7.83. The number of carbonyl (C=O) groups excluding carboxylic acids is 1. The summed E-state index contributed by atoms with van der Waals surface area (Å²) < 4.78 is 4.26. The van der Waals surface area contributed by atoms with E-state index in [1.807, 2.05) is 28.8 Å². The minimum absolute atomic E-state index is 0.0908. The number of rotatable bonds is 7. The van der Waals surface area contributed by atoms with Gasteiger partial charge in [0.15, 0.2) is 0 Å². The monoisotopic (exact) mass is 449 g/mol. The number of carbonyl (C=O) groups is 1. The molecular formula is C23H27N7O3. The first-order valence-corrected chi connectivity index (χ1v) is 10.9. The van der Waals surface area contributed by atoms with Gasteiger partial charge in [-0.25, -0.2) is 14.8 Å². The van der Waals surface area contributed by atoms with Gasteiger partial charge in [0.25, 0.3) is 11.5 Å². The molecule has 3 heterocycles. The molecule has 33 heavy (non-hydrogen) atoms. The lowest BCUT2D eigenvalue weighted by atomic mass is 10.2. The van der Waals surface area contributed by atoms with Crippen LogP contribution in [0.5, 0.6) is 0 Å². The van der Waals surface area contributed by atoms with Crippen molar-refractivity contribution in [3.05, 3.63) is 62.9 Å². The van der Waals surface area contributed by atoms with Crippen LogP contribution in [0.4, 0.5) is 5.95 Å². The summed E-state index contributed by atoms with van der Waals surface area (Å²) in [6.07, 6.45) is 0. The predicted octanol–water partition coefficient (Wildman–Crippen LogP) is 1.58. The Hall–Kier alpha value is -3.79. The number of pyridine rings is 1. The van der Waals surface area contributed by atoms with E-state index in [1.165, 1.54) is 30.8 Å². The van der Waals surface area contributed by atoms with E-state index in [4.69, 9.17) is 0 Å². The summed E-state index contributed by atoms with van der Waals surface area (Å²) in [5, 5.41) is 3.13. The molecule has 0 spiro atoms. The summed E-state index contributed by atoms with van der Waals surface area (Å²) in [5.74, 6) is -0.0439. The Kier molecular flexibility index (Phi) is 6.10. The fourth-order valence-corrected chi connectivity index (χ4v) is 3.92. The lowest BCUT2D eigenvalue weighted by Gasteiger charge is -2.19. The van der Waals surface area contributed by atoms with Gasteiger partial charge in [-0.05, 0) is 37.4 Å². The summed E-state index contributed by atoms with van der Waals surface area (Å²) in [5.41, 5.74) is 1.00. The summed E-state index contributed by atoms with van der Waals surface area (Å²) in [6.45, 7) is 7.58. The van der Waals surface area contributed by atoms with Crippen molar-refractivity contribution in [1.29, 1.82) is 0 Å². The zero-order valence-corrected chi connectivity index (χ0v) is 19.2. The molecule has 0 saturated heterocycles. The quantitative estimate of drug-likeness (QED) is 0.459. The van der Waals surface area contributed by atoms with Crippen molar-refractivity contribution in [1.82, 2.24) is 28.6 Å². The van der Waals surface area contributed by atoms with Crippen molar-refractivity contribution < 1.29 is 4.79 Å². The van der Waals surface area contributed by atoms with Gasteiger partial charge in [-0.3, -0.25) is 24.0 Å². The van der Waals surface area contributed by atoms with Crippen molar-refractivity contribution in [3.8, 4) is 0 Å². The van der Waals surface area contributed by atoms with Crippen LogP contribution < -0.4 is 16.6 Å². The minimum atomic E-state index is -0.504. The van der Waals surface area contributed by atoms with E-state index in [0.717, 1.165) is 35.2 Å². The number of nitrogens with one attached hydrogen (secondary N) is 1. The van der Waals surface area contributed by atoms with Crippen molar-refractivity contribution in [2.45, 2.75) is 20.4 Å². The first-order valence-electron chi connectivity index (χ1n) is 10.9. The van der Waals surface area contributed by atoms with E-state index >= 15 is 0 Å². The van der Waals surface area contributed by atoms with E-state index in [-0.39, 0.29) is 16.7 Å². The van der Waals surface area contributed by atoms with Crippen LogP contribution in [0.15, 0.2) is 46.0 Å². The molecule has 1 N–H and O–H groups in total. The second-order valence-electron chi connectivity index (χ2n) is 7.83. The molecule has 0 bridgehead atoms. The van der Waals surface area contributed by atoms with Crippen LogP contribution in [0.3, 0.4) is 0 Å². The zero-order chi connectivity index (χ0) is 23.7. The number of anilines is 1. The third-order valence-corrected chi connectivity index (χ3v) is 5.95. The third kappa shape index (κ3) is 4.05. The Labute approximate surface area is 190 Å². The van der Waals surface area contributed by atoms with Gasteiger partial charge in [0.05, 0.1) is 16.4 Å². The summed E-state index contributed by atoms with van der Waals surface area (Å²) in [6, 6.07) is 10.7. The van der Waals surface area contributed by atoms with Gasteiger partial charge in [-0.15, -0.1) is 0 Å². The van der Waals surface area contributed by atoms with Crippen LogP contribution in [0, 0.1) is 0 Å². The van der Waals surface area contributed by atoms with Crippen LogP contribution >= 0.6 is 0 Å². The van der Waals surface area contributed by atoms with Crippen molar-refractivity contribution in [3.63, 3.8) is 0 Å². The third-order valence-electron chi connectivity index (χ3n) is 5.95. The number of benzene rings is 1. The van der Waals surface area contributed by atoms with Crippen molar-refractivity contribution in [2.24, 2.45) is 14.1 Å². The Balaban J connectivity index is 1.70. The molecule has 3 aromatic heterocycles. The molecule has 4 rings (SSSR count). The Morgan fingerprint density at radius 2 is 1.73 bits per heavy atom. The highest BCUT2D eigenvalue weighted by Gasteiger charge is 2.18. The lowest BCUT2D eigenvalue weighted by molar-refractivity contribution is 0.102. The molecule has 0 fully saturated rings. The molecule has 0 unspecified atom stereocenters. The van der Waals surface area contributed by atoms with Gasteiger partial charge >= 0.3 is 5.69 Å². The van der Waals surface area contributed by atoms with E-state index < -0.39 is 17.2 Å². The molecule has 0 aliphatic heterocycles. The average Bonchev–Trinajstić information content (AvgIpc) is 3.18. The maximum atomic E-state index is 13.1. The van der Waals surface area contributed by atoms with E-state index in [1.54, 1.807) is 0 Å². The number of hydrogen-bond acceptors (Lipinski definition) is 6. The Morgan fingerprint density at radius 3 is 2.45 bits per heavy atom. The molecule has 172 valence electrons. The molecule has 0 aliphatic rings. The number of aryl methyl sites for hydroxylation is 1. The molecule has 0 atom stereocenters. The number of hydrogen-bond donors (Lipinski definition) is 1. The van der Waals surface area contributed by atoms with Crippen molar-refractivity contribution >= 4 is 33.9 Å². The summed E-state index contributed by atoms with van der Waals surface area (Å²) >= 11 is 0. The Bertz CT molecular complexity index is 1460. The van der Waals surface area contributed by atoms with E-state index in [9.17, 15) is 14.4 Å². The van der Waals surface area contributed by atoms with Gasteiger partial charge in [-0.2, -0.15) is 0 Å². The molecule has 0 aliphatic carbocycles. The second kappa shape index (κ2) is 8.99. The van der Waals surface area contributed by atoms with Crippen molar-refractivity contribution in [2.75, 3.05) is 25.0 Å². The molecular weight excluding hydrogens is 422 g/mol. The number of nitrogens with zero attached hydrogens (tertiary/aromatic N) is 6. The molecule has 0 radical (unpaired) electrons. The predicted molar refractivity (Wildman–Crippen MR) is 128 cm³/mol. The highest BCUT2D eigenvalue weighted by atomic mass is 16.2. The zero-order valence-electron chi connectivity index (χ0n) is 19.2. The molecule has 10 nitrogen and oxygen atoms in total. The largest absolute Gasteiger partial charge is 0.332 e.